The first-order valence-electron chi connectivity index (χ1n) is 9.15. The van der Waals surface area contributed by atoms with Gasteiger partial charge >= 0.3 is 0 Å². The molecule has 4 aromatic rings. The number of nitrogens with two attached hydrogens (primary N) is 1. The first-order valence-corrected chi connectivity index (χ1v) is 9.15. The molecule has 0 bridgehead atoms. The average Bonchev–Trinajstić information content (AvgIpc) is 3.09. The summed E-state index contributed by atoms with van der Waals surface area (Å²) < 4.78 is 1.74. The maximum Gasteiger partial charge on any atom is 0.173 e. The van der Waals surface area contributed by atoms with E-state index in [1.807, 2.05) is 38.2 Å². The van der Waals surface area contributed by atoms with Crippen LogP contribution in [0.15, 0.2) is 42.9 Å². The molecule has 5 N–H and O–H groups in total. The summed E-state index contributed by atoms with van der Waals surface area (Å²) in [5.74, 6) is 1.63. The second-order valence-corrected chi connectivity index (χ2v) is 6.75. The van der Waals surface area contributed by atoms with E-state index in [4.69, 9.17) is 5.73 Å². The van der Waals surface area contributed by atoms with Gasteiger partial charge in [-0.15, -0.1) is 0 Å². The largest absolute Gasteiger partial charge is 0.508 e. The van der Waals surface area contributed by atoms with Crippen molar-refractivity contribution in [1.29, 1.82) is 5.26 Å². The Morgan fingerprint density at radius 3 is 2.83 bits per heavy atom. The molecule has 10 nitrogen and oxygen atoms in total. The molecule has 0 saturated heterocycles. The maximum atomic E-state index is 9.76. The number of anilines is 4. The van der Waals surface area contributed by atoms with E-state index in [0.29, 0.717) is 23.1 Å². The number of rotatable bonds is 5. The molecule has 0 fully saturated rings. The number of hydrogen-bond acceptors (Lipinski definition) is 9. The van der Waals surface area contributed by atoms with Crippen LogP contribution in [0, 0.1) is 18.3 Å². The predicted octanol–water partition coefficient (Wildman–Crippen LogP) is 2.90. The number of phenolic OH excluding ortho intramolecular Hbond substituents is 1. The summed E-state index contributed by atoms with van der Waals surface area (Å²) in [4.78, 5) is 12.6. The number of aromatic hydroxyl groups is 1. The summed E-state index contributed by atoms with van der Waals surface area (Å²) >= 11 is 0. The molecule has 0 radical (unpaired) electrons. The predicted molar refractivity (Wildman–Crippen MR) is 112 cm³/mol. The van der Waals surface area contributed by atoms with Gasteiger partial charge in [-0.3, -0.25) is 0 Å². The molecule has 1 aromatic carbocycles. The lowest BCUT2D eigenvalue weighted by Gasteiger charge is -2.17. The van der Waals surface area contributed by atoms with Gasteiger partial charge in [0.25, 0.3) is 0 Å². The molecule has 0 saturated carbocycles. The zero-order valence-electron chi connectivity index (χ0n) is 16.3. The van der Waals surface area contributed by atoms with Crippen molar-refractivity contribution in [2.45, 2.75) is 19.9 Å². The van der Waals surface area contributed by atoms with E-state index < -0.39 is 0 Å². The third kappa shape index (κ3) is 3.51. The summed E-state index contributed by atoms with van der Waals surface area (Å²) in [6, 6.07) is 10.4. The van der Waals surface area contributed by atoms with Crippen LogP contribution >= 0.6 is 0 Å². The van der Waals surface area contributed by atoms with Crippen LogP contribution < -0.4 is 16.4 Å². The van der Waals surface area contributed by atoms with Gasteiger partial charge < -0.3 is 21.5 Å². The minimum absolute atomic E-state index is 0.103. The van der Waals surface area contributed by atoms with Gasteiger partial charge in [-0.2, -0.15) is 10.4 Å². The van der Waals surface area contributed by atoms with Crippen molar-refractivity contribution in [3.8, 4) is 11.8 Å². The number of nitrogens with one attached hydrogen (secondary N) is 2. The summed E-state index contributed by atoms with van der Waals surface area (Å²) in [6.07, 6.45) is 3.14. The average molecular weight is 401 g/mol. The van der Waals surface area contributed by atoms with Gasteiger partial charge in [-0.1, -0.05) is 6.07 Å². The van der Waals surface area contributed by atoms with E-state index in [-0.39, 0.29) is 23.2 Å². The van der Waals surface area contributed by atoms with Crippen molar-refractivity contribution >= 4 is 28.7 Å². The summed E-state index contributed by atoms with van der Waals surface area (Å²) in [6.45, 7) is 3.83. The molecule has 0 aliphatic heterocycles. The molecule has 0 spiro atoms. The first kappa shape index (κ1) is 18.9. The van der Waals surface area contributed by atoms with E-state index in [2.05, 4.69) is 30.7 Å². The molecule has 30 heavy (non-hydrogen) atoms. The lowest BCUT2D eigenvalue weighted by molar-refractivity contribution is 0.475. The highest BCUT2D eigenvalue weighted by Gasteiger charge is 2.18. The van der Waals surface area contributed by atoms with Crippen LogP contribution in [0.25, 0.3) is 5.52 Å². The van der Waals surface area contributed by atoms with Crippen LogP contribution in [0.2, 0.25) is 0 Å². The molecule has 3 heterocycles. The summed E-state index contributed by atoms with van der Waals surface area (Å²) in [7, 11) is 0. The van der Waals surface area contributed by atoms with Crippen molar-refractivity contribution in [2.24, 2.45) is 0 Å². The highest BCUT2D eigenvalue weighted by molar-refractivity contribution is 5.76. The topological polar surface area (TPSA) is 150 Å². The monoisotopic (exact) mass is 401 g/mol. The van der Waals surface area contributed by atoms with Gasteiger partial charge in [0.2, 0.25) is 0 Å². The van der Waals surface area contributed by atoms with E-state index in [1.165, 1.54) is 6.33 Å². The molecule has 0 unspecified atom stereocenters. The first-order chi connectivity index (χ1) is 14.5. The zero-order chi connectivity index (χ0) is 21.3. The SMILES string of the molecule is Cc1ccn2nc([C@H](C)Nc3ncnc(N)c3C#N)nc(Nc3cccc(O)c3)c12. The van der Waals surface area contributed by atoms with E-state index in [9.17, 15) is 10.4 Å². The van der Waals surface area contributed by atoms with E-state index >= 15 is 0 Å². The summed E-state index contributed by atoms with van der Waals surface area (Å²) in [5.41, 5.74) is 8.44. The van der Waals surface area contributed by atoms with Gasteiger partial charge in [0.15, 0.2) is 11.6 Å². The number of hydrogen-bond donors (Lipinski definition) is 4. The Bertz CT molecular complexity index is 1280. The number of benzene rings is 1. The van der Waals surface area contributed by atoms with Gasteiger partial charge in [0.1, 0.15) is 40.9 Å². The minimum Gasteiger partial charge on any atom is -0.508 e. The third-order valence-corrected chi connectivity index (χ3v) is 4.57. The van der Waals surface area contributed by atoms with Crippen LogP contribution in [0.5, 0.6) is 5.75 Å². The van der Waals surface area contributed by atoms with Crippen molar-refractivity contribution in [1.82, 2.24) is 24.6 Å². The zero-order valence-corrected chi connectivity index (χ0v) is 16.3. The molecule has 10 heteroatoms. The van der Waals surface area contributed by atoms with Gasteiger partial charge in [-0.05, 0) is 37.6 Å². The Hall–Kier alpha value is -4.39. The Kier molecular flexibility index (Phi) is 4.77. The number of fused-ring (bicyclic) bond motifs is 1. The standard InChI is InChI=1S/C20H19N9O/c1-11-6-7-29-16(11)20(26-13-4-3-5-14(30)8-13)27-18(28-29)12(2)25-19-15(9-21)17(22)23-10-24-19/h3-8,10,12,30H,1-2H3,(H,26,27,28)(H3,22,23,24,25)/t12-/m0/s1. The fourth-order valence-corrected chi connectivity index (χ4v) is 3.07. The number of nitriles is 1. The van der Waals surface area contributed by atoms with Crippen molar-refractivity contribution in [2.75, 3.05) is 16.4 Å². The lowest BCUT2D eigenvalue weighted by atomic mass is 10.2. The second kappa shape index (κ2) is 7.56. The smallest absolute Gasteiger partial charge is 0.173 e. The number of nitrogens with zero attached hydrogens (tertiary/aromatic N) is 6. The summed E-state index contributed by atoms with van der Waals surface area (Å²) in [5, 5.41) is 30.1. The Labute approximate surface area is 172 Å². The van der Waals surface area contributed by atoms with Gasteiger partial charge in [0.05, 0.1) is 6.04 Å². The highest BCUT2D eigenvalue weighted by Crippen LogP contribution is 2.27. The number of nitrogen functional groups attached to an aromatic ring is 1. The number of phenols is 1. The fourth-order valence-electron chi connectivity index (χ4n) is 3.07. The number of aryl methyl sites for hydroxylation is 1. The Morgan fingerprint density at radius 1 is 1.23 bits per heavy atom. The van der Waals surface area contributed by atoms with Gasteiger partial charge in [0, 0.05) is 18.0 Å². The van der Waals surface area contributed by atoms with Crippen molar-refractivity contribution in [3.63, 3.8) is 0 Å². The van der Waals surface area contributed by atoms with Crippen molar-refractivity contribution < 1.29 is 5.11 Å². The number of aromatic nitrogens is 5. The molecular weight excluding hydrogens is 382 g/mol. The van der Waals surface area contributed by atoms with Crippen molar-refractivity contribution in [3.05, 3.63) is 59.8 Å². The van der Waals surface area contributed by atoms with E-state index in [0.717, 1.165) is 11.1 Å². The third-order valence-electron chi connectivity index (χ3n) is 4.57. The maximum absolute atomic E-state index is 9.76. The molecule has 3 aromatic heterocycles. The highest BCUT2D eigenvalue weighted by atomic mass is 16.3. The molecule has 4 rings (SSSR count). The normalized spacial score (nSPS) is 11.8. The fraction of sp³-hybridized carbons (Fsp3) is 0.150. The molecule has 0 aliphatic carbocycles. The molecule has 0 amide bonds. The molecular formula is C20H19N9O. The lowest BCUT2D eigenvalue weighted by Crippen LogP contribution is -2.16. The minimum atomic E-state index is -0.386. The quantitative estimate of drug-likeness (QED) is 0.396. The second-order valence-electron chi connectivity index (χ2n) is 6.75. The molecule has 150 valence electrons. The van der Waals surface area contributed by atoms with Crippen LogP contribution in [-0.2, 0) is 0 Å². The molecule has 0 aliphatic rings. The Balaban J connectivity index is 1.73. The van der Waals surface area contributed by atoms with E-state index in [1.54, 1.807) is 22.7 Å². The van der Waals surface area contributed by atoms with Crippen LogP contribution in [-0.4, -0.2) is 29.7 Å². The molecule has 1 atom stereocenters. The Morgan fingerprint density at radius 2 is 2.07 bits per heavy atom. The van der Waals surface area contributed by atoms with Crippen LogP contribution in [0.3, 0.4) is 0 Å². The van der Waals surface area contributed by atoms with Gasteiger partial charge in [-0.25, -0.2) is 19.5 Å². The van der Waals surface area contributed by atoms with Crippen LogP contribution in [0.4, 0.5) is 23.1 Å². The van der Waals surface area contributed by atoms with Crippen LogP contribution in [0.1, 0.15) is 29.9 Å².